The molecule has 0 unspecified atom stereocenters. The number of likely N-dealkylation sites (tertiary alicyclic amines) is 1. The van der Waals surface area contributed by atoms with Crippen LogP contribution in [0.2, 0.25) is 0 Å². The quantitative estimate of drug-likeness (QED) is 0.255. The molecule has 2 aliphatic rings. The molecule has 1 aromatic heterocycles. The maximum absolute atomic E-state index is 13.4. The lowest BCUT2D eigenvalue weighted by atomic mass is 9.95. The molecule has 4 aromatic rings. The monoisotopic (exact) mass is 599 g/mol. The molecule has 0 aliphatic carbocycles. The topological polar surface area (TPSA) is 44.6 Å². The smallest absolute Gasteiger partial charge is 0.225 e. The minimum atomic E-state index is 0.124. The van der Waals surface area contributed by atoms with Gasteiger partial charge in [0.25, 0.3) is 0 Å². The first kappa shape index (κ1) is 27.0. The van der Waals surface area contributed by atoms with Crippen molar-refractivity contribution in [2.45, 2.75) is 39.2 Å². The van der Waals surface area contributed by atoms with Crippen molar-refractivity contribution in [3.8, 4) is 5.69 Å². The Labute approximate surface area is 245 Å². The summed E-state index contributed by atoms with van der Waals surface area (Å²) >= 11 is 3.56. The molecular weight excluding hydrogens is 562 g/mol. The van der Waals surface area contributed by atoms with Gasteiger partial charge in [-0.15, -0.1) is 0 Å². The highest BCUT2D eigenvalue weighted by atomic mass is 79.9. The zero-order valence-electron chi connectivity index (χ0n) is 23.5. The second kappa shape index (κ2) is 11.8. The minimum absolute atomic E-state index is 0.124. The van der Waals surface area contributed by atoms with Gasteiger partial charge in [-0.05, 0) is 85.9 Å². The van der Waals surface area contributed by atoms with Gasteiger partial charge in [0.15, 0.2) is 0 Å². The van der Waals surface area contributed by atoms with Crippen LogP contribution in [0.25, 0.3) is 16.7 Å². The number of anilines is 1. The van der Waals surface area contributed by atoms with Crippen molar-refractivity contribution >= 4 is 38.6 Å². The number of imidazole rings is 1. The zero-order chi connectivity index (χ0) is 27.6. The summed E-state index contributed by atoms with van der Waals surface area (Å²) in [5.74, 6) is 2.06. The number of rotatable bonds is 6. The average molecular weight is 601 g/mol. The highest BCUT2D eigenvalue weighted by molar-refractivity contribution is 9.10. The molecule has 2 aliphatic heterocycles. The molecule has 208 valence electrons. The Morgan fingerprint density at radius 1 is 0.850 bits per heavy atom. The van der Waals surface area contributed by atoms with Gasteiger partial charge < -0.3 is 9.80 Å². The van der Waals surface area contributed by atoms with Gasteiger partial charge in [-0.1, -0.05) is 54.0 Å². The van der Waals surface area contributed by atoms with Crippen molar-refractivity contribution in [2.24, 2.45) is 5.92 Å². The number of piperazine rings is 1. The van der Waals surface area contributed by atoms with E-state index in [-0.39, 0.29) is 5.92 Å². The molecule has 0 atom stereocenters. The lowest BCUT2D eigenvalue weighted by molar-refractivity contribution is -0.137. The van der Waals surface area contributed by atoms with E-state index in [4.69, 9.17) is 4.98 Å². The third-order valence-corrected chi connectivity index (χ3v) is 9.06. The van der Waals surface area contributed by atoms with Crippen LogP contribution >= 0.6 is 15.9 Å². The highest BCUT2D eigenvalue weighted by Crippen LogP contribution is 2.27. The van der Waals surface area contributed by atoms with Crippen LogP contribution in [0.5, 0.6) is 0 Å². The summed E-state index contributed by atoms with van der Waals surface area (Å²) in [4.78, 5) is 25.4. The molecule has 6 rings (SSSR count). The summed E-state index contributed by atoms with van der Waals surface area (Å²) in [7, 11) is 0. The SMILES string of the molecule is CC(C)c1ccc(N2CCN(C(=O)C3CCN(Cc4nc5ccccc5n4-c4ccc(Br)cc4)CC3)CC2)cc1. The number of halogens is 1. The Morgan fingerprint density at radius 3 is 2.17 bits per heavy atom. The number of carbonyl (C=O) groups is 1. The third-order valence-electron chi connectivity index (χ3n) is 8.53. The molecule has 0 N–H and O–H groups in total. The van der Waals surface area contributed by atoms with Crippen LogP contribution in [0.1, 0.15) is 44.0 Å². The van der Waals surface area contributed by atoms with Gasteiger partial charge in [0, 0.05) is 47.9 Å². The van der Waals surface area contributed by atoms with E-state index < -0.39 is 0 Å². The molecule has 0 radical (unpaired) electrons. The molecule has 3 aromatic carbocycles. The van der Waals surface area contributed by atoms with Crippen LogP contribution in [0, 0.1) is 5.92 Å². The van der Waals surface area contributed by atoms with Gasteiger partial charge in [-0.25, -0.2) is 4.98 Å². The van der Waals surface area contributed by atoms with E-state index >= 15 is 0 Å². The summed E-state index contributed by atoms with van der Waals surface area (Å²) < 4.78 is 3.34. The summed E-state index contributed by atoms with van der Waals surface area (Å²) in [6, 6.07) is 25.7. The predicted octanol–water partition coefficient (Wildman–Crippen LogP) is 6.47. The molecule has 0 bridgehead atoms. The van der Waals surface area contributed by atoms with Crippen molar-refractivity contribution < 1.29 is 4.79 Å². The molecule has 1 amide bonds. The summed E-state index contributed by atoms with van der Waals surface area (Å²) in [6.07, 6.45) is 1.82. The van der Waals surface area contributed by atoms with E-state index in [1.807, 2.05) is 6.07 Å². The van der Waals surface area contributed by atoms with Crippen LogP contribution in [0.15, 0.2) is 77.3 Å². The van der Waals surface area contributed by atoms with Gasteiger partial charge >= 0.3 is 0 Å². The first-order chi connectivity index (χ1) is 19.5. The van der Waals surface area contributed by atoms with Gasteiger partial charge in [0.1, 0.15) is 5.82 Å². The number of aromatic nitrogens is 2. The number of piperidine rings is 1. The standard InChI is InChI=1S/C33H38BrN5O/c1-24(2)25-7-11-28(12-8-25)37-19-21-38(22-20-37)33(40)26-15-17-36(18-16-26)23-32-35-30-5-3-4-6-31(30)39(32)29-13-9-27(34)10-14-29/h3-14,24,26H,15-23H2,1-2H3. The van der Waals surface area contributed by atoms with Crippen molar-refractivity contribution in [2.75, 3.05) is 44.2 Å². The van der Waals surface area contributed by atoms with Crippen LogP contribution in [0.3, 0.4) is 0 Å². The van der Waals surface area contributed by atoms with Crippen LogP contribution in [0.4, 0.5) is 5.69 Å². The van der Waals surface area contributed by atoms with Gasteiger partial charge in [0.05, 0.1) is 17.6 Å². The van der Waals surface area contributed by atoms with E-state index in [9.17, 15) is 4.79 Å². The maximum Gasteiger partial charge on any atom is 0.225 e. The highest BCUT2D eigenvalue weighted by Gasteiger charge is 2.31. The van der Waals surface area contributed by atoms with Gasteiger partial charge in [-0.3, -0.25) is 14.3 Å². The normalized spacial score (nSPS) is 17.2. The number of para-hydroxylation sites is 2. The fourth-order valence-electron chi connectivity index (χ4n) is 6.11. The Morgan fingerprint density at radius 2 is 1.50 bits per heavy atom. The Kier molecular flexibility index (Phi) is 7.94. The largest absolute Gasteiger partial charge is 0.368 e. The van der Waals surface area contributed by atoms with Crippen LogP contribution in [-0.4, -0.2) is 64.5 Å². The fourth-order valence-corrected chi connectivity index (χ4v) is 6.38. The lowest BCUT2D eigenvalue weighted by Crippen LogP contribution is -2.51. The summed E-state index contributed by atoms with van der Waals surface area (Å²) in [6.45, 7) is 10.5. The van der Waals surface area contributed by atoms with Gasteiger partial charge in [-0.2, -0.15) is 0 Å². The predicted molar refractivity (Wildman–Crippen MR) is 166 cm³/mol. The second-order valence-electron chi connectivity index (χ2n) is 11.4. The third kappa shape index (κ3) is 5.68. The zero-order valence-corrected chi connectivity index (χ0v) is 25.1. The minimum Gasteiger partial charge on any atom is -0.368 e. The molecule has 2 saturated heterocycles. The number of hydrogen-bond donors (Lipinski definition) is 0. The molecular formula is C33H38BrN5O. The first-order valence-corrected chi connectivity index (χ1v) is 15.3. The van der Waals surface area contributed by atoms with Gasteiger partial charge in [0.2, 0.25) is 5.91 Å². The fraction of sp³-hybridized carbons (Fsp3) is 0.394. The maximum atomic E-state index is 13.4. The molecule has 3 heterocycles. The Bertz CT molecular complexity index is 1450. The van der Waals surface area contributed by atoms with Crippen molar-refractivity contribution in [3.63, 3.8) is 0 Å². The number of carbonyl (C=O) groups excluding carboxylic acids is 1. The number of benzene rings is 3. The summed E-state index contributed by atoms with van der Waals surface area (Å²) in [5.41, 5.74) is 5.89. The molecule has 40 heavy (non-hydrogen) atoms. The summed E-state index contributed by atoms with van der Waals surface area (Å²) in [5, 5.41) is 0. The van der Waals surface area contributed by atoms with Crippen molar-refractivity contribution in [1.82, 2.24) is 19.4 Å². The number of fused-ring (bicyclic) bond motifs is 1. The van der Waals surface area contributed by atoms with E-state index in [1.165, 1.54) is 11.3 Å². The Balaban J connectivity index is 1.05. The number of amides is 1. The average Bonchev–Trinajstić information content (AvgIpc) is 3.35. The molecule has 2 fully saturated rings. The van der Waals surface area contributed by atoms with E-state index in [1.54, 1.807) is 0 Å². The van der Waals surface area contributed by atoms with E-state index in [2.05, 4.69) is 116 Å². The first-order valence-electron chi connectivity index (χ1n) is 14.5. The van der Waals surface area contributed by atoms with E-state index in [0.717, 1.165) is 85.7 Å². The molecule has 7 heteroatoms. The van der Waals surface area contributed by atoms with Crippen molar-refractivity contribution in [1.29, 1.82) is 0 Å². The molecule has 0 saturated carbocycles. The van der Waals surface area contributed by atoms with Crippen molar-refractivity contribution in [3.05, 3.63) is 88.7 Å². The molecule has 6 nitrogen and oxygen atoms in total. The molecule has 0 spiro atoms. The second-order valence-corrected chi connectivity index (χ2v) is 12.4. The van der Waals surface area contributed by atoms with E-state index in [0.29, 0.717) is 11.8 Å². The van der Waals surface area contributed by atoms with Crippen LogP contribution < -0.4 is 4.90 Å². The lowest BCUT2D eigenvalue weighted by Gasteiger charge is -2.39. The van der Waals surface area contributed by atoms with Crippen LogP contribution in [-0.2, 0) is 11.3 Å². The number of nitrogens with zero attached hydrogens (tertiary/aromatic N) is 5. The number of hydrogen-bond acceptors (Lipinski definition) is 4. The Hall–Kier alpha value is -3.16.